The molecule has 2 N–H and O–H groups in total. The van der Waals surface area contributed by atoms with Gasteiger partial charge in [-0.3, -0.25) is 14.6 Å². The summed E-state index contributed by atoms with van der Waals surface area (Å²) in [5.74, 6) is 0.891. The highest BCUT2D eigenvalue weighted by Gasteiger charge is 2.25. The van der Waals surface area contributed by atoms with Gasteiger partial charge >= 0.3 is 0 Å². The topological polar surface area (TPSA) is 170 Å². The maximum atomic E-state index is 15.0. The van der Waals surface area contributed by atoms with Gasteiger partial charge in [-0.1, -0.05) is 6.92 Å². The zero-order chi connectivity index (χ0) is 59.3. The molecule has 11 heterocycles. The van der Waals surface area contributed by atoms with Gasteiger partial charge in [-0.2, -0.15) is 15.3 Å². The number of hydrogen-bond acceptors (Lipinski definition) is 13. The molecule has 86 heavy (non-hydrogen) atoms. The average Bonchev–Trinajstić information content (AvgIpc) is 1.80. The molecule has 0 aliphatic carbocycles. The van der Waals surface area contributed by atoms with E-state index >= 15 is 13.2 Å². The van der Waals surface area contributed by atoms with E-state index in [1.165, 1.54) is 6.07 Å². The Kier molecular flexibility index (Phi) is 15.5. The van der Waals surface area contributed by atoms with Crippen LogP contribution in [-0.2, 0) is 7.05 Å². The monoisotopic (exact) mass is 1150 g/mol. The Morgan fingerprint density at radius 3 is 1.57 bits per heavy atom. The maximum Gasteiger partial charge on any atom is 0.156 e. The Labute approximate surface area is 496 Å². The summed E-state index contributed by atoms with van der Waals surface area (Å²) in [5, 5.41) is 33.1. The predicted octanol–water partition coefficient (Wildman–Crippen LogP) is 12.6. The molecule has 0 atom stereocenters. The number of nitrogens with zero attached hydrogens (tertiary/aromatic N) is 14. The minimum atomic E-state index is -0.397. The molecule has 16 nitrogen and oxygen atoms in total. The van der Waals surface area contributed by atoms with Crippen molar-refractivity contribution in [1.29, 1.82) is 0 Å². The van der Waals surface area contributed by atoms with Gasteiger partial charge in [-0.15, -0.1) is 10.2 Å². The molecule has 12 aromatic rings. The van der Waals surface area contributed by atoms with Gasteiger partial charge in [0.15, 0.2) is 22.9 Å². The first-order valence-corrected chi connectivity index (χ1v) is 30.0. The fourth-order valence-corrected chi connectivity index (χ4v) is 12.7. The van der Waals surface area contributed by atoms with Gasteiger partial charge in [-0.25, -0.2) is 37.2 Å². The third kappa shape index (κ3) is 11.5. The van der Waals surface area contributed by atoms with E-state index in [9.17, 15) is 0 Å². The van der Waals surface area contributed by atoms with Crippen LogP contribution in [0, 0.1) is 52.1 Å². The summed E-state index contributed by atoms with van der Waals surface area (Å²) in [6.07, 6.45) is 15.5. The molecule has 0 amide bonds. The lowest BCUT2D eigenvalue weighted by Gasteiger charge is -2.29. The zero-order valence-electron chi connectivity index (χ0n) is 49.6. The molecule has 0 spiro atoms. The number of imidazole rings is 2. The van der Waals surface area contributed by atoms with Crippen molar-refractivity contribution in [2.75, 3.05) is 45.8 Å². The van der Waals surface area contributed by atoms with Crippen LogP contribution in [0.1, 0.15) is 108 Å². The van der Waals surface area contributed by atoms with Crippen LogP contribution in [0.25, 0.3) is 88.4 Å². The SMILES string of the molecule is CCN1CCC(c2nnc3cc(-c4cc(C)c5nc(C)cn5n4)cc(F)c3n2)CC1.Cc1cc(-c2cc(F)c3cc(C4CCNCC4)ncc3c2)cc2cn(C)nc12.Cc1cn2nc(-c3cc(F)c4cc(C5CCNCC5)ncc4c3)cc(C)c2n1. The molecule has 3 saturated heterocycles. The number of aromatic nitrogens is 13. The van der Waals surface area contributed by atoms with Gasteiger partial charge in [0.2, 0.25) is 0 Å². The number of likely N-dealkylation sites (tertiary alicyclic amines) is 1. The number of fused-ring (bicyclic) bond motifs is 6. The second-order valence-corrected chi connectivity index (χ2v) is 23.6. The number of pyridine rings is 2. The van der Waals surface area contributed by atoms with E-state index in [2.05, 4.69) is 85.0 Å². The molecule has 3 aliphatic heterocycles. The molecular weight excluding hydrogens is 1090 g/mol. The largest absolute Gasteiger partial charge is 0.317 e. The molecule has 438 valence electrons. The first-order valence-electron chi connectivity index (χ1n) is 30.0. The molecule has 4 aromatic carbocycles. The van der Waals surface area contributed by atoms with Gasteiger partial charge in [-0.05, 0) is 220 Å². The van der Waals surface area contributed by atoms with Crippen LogP contribution in [0.5, 0.6) is 0 Å². The fourth-order valence-electron chi connectivity index (χ4n) is 12.7. The van der Waals surface area contributed by atoms with E-state index < -0.39 is 5.82 Å². The van der Waals surface area contributed by atoms with Gasteiger partial charge in [0.25, 0.3) is 0 Å². The Morgan fingerprint density at radius 1 is 0.488 bits per heavy atom. The molecule has 15 rings (SSSR count). The summed E-state index contributed by atoms with van der Waals surface area (Å²) < 4.78 is 50.4. The molecule has 3 aliphatic rings. The van der Waals surface area contributed by atoms with Crippen LogP contribution in [0.3, 0.4) is 0 Å². The molecule has 0 saturated carbocycles. The minimum Gasteiger partial charge on any atom is -0.317 e. The van der Waals surface area contributed by atoms with Gasteiger partial charge in [0.05, 0.1) is 40.7 Å². The molecule has 8 aromatic heterocycles. The van der Waals surface area contributed by atoms with Crippen molar-refractivity contribution in [2.24, 2.45) is 7.05 Å². The summed E-state index contributed by atoms with van der Waals surface area (Å²) in [6.45, 7) is 19.1. The van der Waals surface area contributed by atoms with Crippen LogP contribution < -0.4 is 10.6 Å². The van der Waals surface area contributed by atoms with Crippen LogP contribution in [0.2, 0.25) is 0 Å². The quantitative estimate of drug-likeness (QED) is 0.155. The first-order chi connectivity index (χ1) is 41.7. The lowest BCUT2D eigenvalue weighted by atomic mass is 9.92. The standard InChI is InChI=1S/C23H23FN4.C22H24FN7.C22H22FN5/c1-14-7-16(9-19-13-28(2)27-23(14)19)17-8-18-12-26-22(11-20(18)21(24)10-17)15-3-5-25-6-4-15;1-4-29-7-5-15(6-8-29)21-25-20-17(23)10-16(11-19(20)26-27-21)18-9-13(2)22-24-14(3)12-30(22)28-18;1-13-7-21(27-28-12-14(2)26-22(13)28)16-8-17-11-25-20(10-18(17)19(23)9-16)15-3-5-24-6-4-15/h7-13,15,25H,3-6H2,1-2H3;9-12,15H,4-8H2,1-3H3;7-12,15,24H,3-6H2,1-2H3. The van der Waals surface area contributed by atoms with E-state index in [1.807, 2.05) is 108 Å². The van der Waals surface area contributed by atoms with E-state index in [0.717, 1.165) is 179 Å². The minimum absolute atomic E-state index is 0.186. The third-order valence-corrected chi connectivity index (χ3v) is 17.4. The summed E-state index contributed by atoms with van der Waals surface area (Å²) in [7, 11) is 1.92. The highest BCUT2D eigenvalue weighted by atomic mass is 19.1. The number of hydrogen-bond donors (Lipinski definition) is 2. The zero-order valence-corrected chi connectivity index (χ0v) is 49.6. The number of piperidine rings is 3. The van der Waals surface area contributed by atoms with Crippen LogP contribution in [-0.4, -0.2) is 115 Å². The van der Waals surface area contributed by atoms with Crippen molar-refractivity contribution in [3.8, 4) is 33.6 Å². The fraction of sp³-hybridized carbons (Fsp3) is 0.343. The lowest BCUT2D eigenvalue weighted by molar-refractivity contribution is 0.219. The van der Waals surface area contributed by atoms with E-state index in [0.29, 0.717) is 45.2 Å². The lowest BCUT2D eigenvalue weighted by Crippen LogP contribution is -2.33. The first kappa shape index (κ1) is 56.5. The number of rotatable bonds is 7. The molecule has 0 radical (unpaired) electrons. The third-order valence-electron chi connectivity index (χ3n) is 17.4. The van der Waals surface area contributed by atoms with Crippen molar-refractivity contribution < 1.29 is 13.2 Å². The number of halogens is 3. The van der Waals surface area contributed by atoms with Crippen molar-refractivity contribution >= 4 is 54.8 Å². The summed E-state index contributed by atoms with van der Waals surface area (Å²) in [4.78, 5) is 25.2. The normalized spacial score (nSPS) is 15.7. The maximum absolute atomic E-state index is 15.0. The van der Waals surface area contributed by atoms with Gasteiger partial charge in [0, 0.05) is 92.8 Å². The Hall–Kier alpha value is -8.65. The molecule has 3 fully saturated rings. The highest BCUT2D eigenvalue weighted by molar-refractivity contribution is 5.92. The second-order valence-electron chi connectivity index (χ2n) is 23.6. The Bertz CT molecular complexity index is 4340. The number of benzene rings is 4. The number of aryl methyl sites for hydroxylation is 6. The molecule has 0 bridgehead atoms. The predicted molar refractivity (Wildman–Crippen MR) is 332 cm³/mol. The van der Waals surface area contributed by atoms with Crippen molar-refractivity contribution in [3.63, 3.8) is 0 Å². The van der Waals surface area contributed by atoms with Gasteiger partial charge in [0.1, 0.15) is 22.7 Å². The van der Waals surface area contributed by atoms with Crippen LogP contribution in [0.4, 0.5) is 13.2 Å². The second kappa shape index (κ2) is 23.7. The highest BCUT2D eigenvalue weighted by Crippen LogP contribution is 2.35. The Balaban J connectivity index is 0.000000120. The van der Waals surface area contributed by atoms with Crippen LogP contribution in [0.15, 0.2) is 104 Å². The molecular formula is C67H69F3N16. The summed E-state index contributed by atoms with van der Waals surface area (Å²) in [6, 6.07) is 22.4. The molecule has 19 heteroatoms. The van der Waals surface area contributed by atoms with Crippen molar-refractivity contribution in [1.82, 2.24) is 79.7 Å². The molecule has 0 unspecified atom stereocenters. The summed E-state index contributed by atoms with van der Waals surface area (Å²) >= 11 is 0. The van der Waals surface area contributed by atoms with Crippen molar-refractivity contribution in [2.45, 2.75) is 97.8 Å². The van der Waals surface area contributed by atoms with Gasteiger partial charge < -0.3 is 15.5 Å². The Morgan fingerprint density at radius 2 is 1.00 bits per heavy atom. The smallest absolute Gasteiger partial charge is 0.156 e. The van der Waals surface area contributed by atoms with E-state index in [4.69, 9.17) is 0 Å². The van der Waals surface area contributed by atoms with Crippen LogP contribution >= 0.6 is 0 Å². The van der Waals surface area contributed by atoms with E-state index in [1.54, 1.807) is 33.4 Å². The summed E-state index contributed by atoms with van der Waals surface area (Å²) in [5.41, 5.74) is 14.9. The average molecular weight is 1160 g/mol. The van der Waals surface area contributed by atoms with E-state index in [-0.39, 0.29) is 23.1 Å². The number of nitrogens with one attached hydrogen (secondary N) is 2. The van der Waals surface area contributed by atoms with Crippen molar-refractivity contribution in [3.05, 3.63) is 167 Å².